The largest absolute Gasteiger partial charge is 0.507 e. The molecule has 1 aromatic heterocycles. The van der Waals surface area contributed by atoms with Crippen LogP contribution in [0.5, 0.6) is 5.75 Å². The van der Waals surface area contributed by atoms with E-state index in [1.54, 1.807) is 6.07 Å². The molecule has 0 saturated carbocycles. The molecular weight excluding hydrogens is 288 g/mol. The zero-order valence-electron chi connectivity index (χ0n) is 15.0. The van der Waals surface area contributed by atoms with Gasteiger partial charge in [-0.2, -0.15) is 0 Å². The Hall–Kier alpha value is -1.25. The lowest BCUT2D eigenvalue weighted by Crippen LogP contribution is -2.09. The summed E-state index contributed by atoms with van der Waals surface area (Å²) in [6.45, 7) is 4.40. The van der Waals surface area contributed by atoms with Gasteiger partial charge in [0.05, 0.1) is 5.56 Å². The summed E-state index contributed by atoms with van der Waals surface area (Å²) in [6, 6.07) is 1.65. The van der Waals surface area contributed by atoms with Gasteiger partial charge in [-0.1, -0.05) is 71.6 Å². The first-order valence-electron chi connectivity index (χ1n) is 9.53. The van der Waals surface area contributed by atoms with Crippen LogP contribution >= 0.6 is 0 Å². The Morgan fingerprint density at radius 1 is 0.826 bits per heavy atom. The number of hydrogen-bond donors (Lipinski definition) is 1. The maximum absolute atomic E-state index is 12.0. The van der Waals surface area contributed by atoms with Gasteiger partial charge in [0.1, 0.15) is 11.5 Å². The predicted octanol–water partition coefficient (Wildman–Crippen LogP) is 5.76. The molecule has 0 fully saturated rings. The number of unbranched alkanes of at least 4 members (excludes halogenated alkanes) is 9. The standard InChI is InChI=1S/C20H34O3/c1-3-5-7-9-11-13-15-18-19(21)16-17(23-20(18)22)14-12-10-8-6-4-2/h16,21H,3-15H2,1-2H3. The molecule has 3 nitrogen and oxygen atoms in total. The van der Waals surface area contributed by atoms with E-state index in [1.165, 1.54) is 44.9 Å². The minimum Gasteiger partial charge on any atom is -0.507 e. The smallest absolute Gasteiger partial charge is 0.342 e. The molecule has 0 saturated heterocycles. The van der Waals surface area contributed by atoms with Crippen LogP contribution in [0.25, 0.3) is 0 Å². The van der Waals surface area contributed by atoms with Crippen molar-refractivity contribution < 1.29 is 9.52 Å². The molecular formula is C20H34O3. The highest BCUT2D eigenvalue weighted by Crippen LogP contribution is 2.19. The van der Waals surface area contributed by atoms with Gasteiger partial charge in [0.25, 0.3) is 0 Å². The summed E-state index contributed by atoms with van der Waals surface area (Å²) in [4.78, 5) is 12.0. The van der Waals surface area contributed by atoms with E-state index in [1.807, 2.05) is 0 Å². The van der Waals surface area contributed by atoms with Crippen LogP contribution in [0.15, 0.2) is 15.3 Å². The minimum absolute atomic E-state index is 0.123. The third kappa shape index (κ3) is 8.24. The topological polar surface area (TPSA) is 50.4 Å². The summed E-state index contributed by atoms with van der Waals surface area (Å²) < 4.78 is 5.38. The van der Waals surface area contributed by atoms with E-state index in [9.17, 15) is 9.90 Å². The fourth-order valence-corrected chi connectivity index (χ4v) is 2.89. The van der Waals surface area contributed by atoms with Crippen LogP contribution in [0.3, 0.4) is 0 Å². The van der Waals surface area contributed by atoms with Gasteiger partial charge in [0.15, 0.2) is 0 Å². The summed E-state index contributed by atoms with van der Waals surface area (Å²) in [5.74, 6) is 0.745. The molecule has 132 valence electrons. The zero-order chi connectivity index (χ0) is 16.9. The average Bonchev–Trinajstić information content (AvgIpc) is 2.52. The molecule has 0 bridgehead atoms. The van der Waals surface area contributed by atoms with Crippen molar-refractivity contribution >= 4 is 0 Å². The Bertz CT molecular complexity index is 476. The summed E-state index contributed by atoms with van der Waals surface area (Å²) in [6.07, 6.45) is 14.3. The lowest BCUT2D eigenvalue weighted by molar-refractivity contribution is 0.405. The van der Waals surface area contributed by atoms with Crippen molar-refractivity contribution in [2.24, 2.45) is 0 Å². The fourth-order valence-electron chi connectivity index (χ4n) is 2.89. The second-order valence-corrected chi connectivity index (χ2v) is 6.55. The minimum atomic E-state index is -0.345. The van der Waals surface area contributed by atoms with Crippen molar-refractivity contribution in [1.29, 1.82) is 0 Å². The number of aromatic hydroxyl groups is 1. The van der Waals surface area contributed by atoms with Crippen LogP contribution in [0.2, 0.25) is 0 Å². The number of hydrogen-bond acceptors (Lipinski definition) is 3. The van der Waals surface area contributed by atoms with Crippen molar-refractivity contribution in [2.45, 2.75) is 97.3 Å². The van der Waals surface area contributed by atoms with Gasteiger partial charge in [-0.15, -0.1) is 0 Å². The molecule has 0 aliphatic heterocycles. The maximum Gasteiger partial charge on any atom is 0.342 e. The van der Waals surface area contributed by atoms with Gasteiger partial charge in [0, 0.05) is 12.5 Å². The summed E-state index contributed by atoms with van der Waals surface area (Å²) >= 11 is 0. The molecule has 0 aliphatic carbocycles. The Morgan fingerprint density at radius 2 is 1.35 bits per heavy atom. The first kappa shape index (κ1) is 19.8. The van der Waals surface area contributed by atoms with Crippen LogP contribution in [-0.4, -0.2) is 5.11 Å². The van der Waals surface area contributed by atoms with Crippen LogP contribution in [0.1, 0.15) is 95.8 Å². The van der Waals surface area contributed by atoms with E-state index in [4.69, 9.17) is 4.42 Å². The number of aryl methyl sites for hydroxylation is 1. The fraction of sp³-hybridized carbons (Fsp3) is 0.750. The van der Waals surface area contributed by atoms with Gasteiger partial charge in [-0.25, -0.2) is 4.79 Å². The first-order valence-corrected chi connectivity index (χ1v) is 9.53. The molecule has 0 atom stereocenters. The van der Waals surface area contributed by atoms with Crippen LogP contribution in [0.4, 0.5) is 0 Å². The third-order valence-corrected chi connectivity index (χ3v) is 4.38. The Morgan fingerprint density at radius 3 is 1.91 bits per heavy atom. The van der Waals surface area contributed by atoms with Crippen molar-refractivity contribution in [3.63, 3.8) is 0 Å². The predicted molar refractivity (Wildman–Crippen MR) is 96.2 cm³/mol. The number of rotatable bonds is 13. The van der Waals surface area contributed by atoms with E-state index < -0.39 is 0 Å². The molecule has 1 N–H and O–H groups in total. The van der Waals surface area contributed by atoms with Gasteiger partial charge in [0.2, 0.25) is 0 Å². The van der Waals surface area contributed by atoms with Crippen LogP contribution < -0.4 is 5.63 Å². The van der Waals surface area contributed by atoms with E-state index in [2.05, 4.69) is 13.8 Å². The van der Waals surface area contributed by atoms with Crippen molar-refractivity contribution in [2.75, 3.05) is 0 Å². The zero-order valence-corrected chi connectivity index (χ0v) is 15.0. The molecule has 0 aliphatic rings. The SMILES string of the molecule is CCCCCCCCc1c(O)cc(CCCCCCC)oc1=O. The van der Waals surface area contributed by atoms with Crippen LogP contribution in [-0.2, 0) is 12.8 Å². The molecule has 0 radical (unpaired) electrons. The summed E-state index contributed by atoms with van der Waals surface area (Å²) in [5.41, 5.74) is 0.109. The quantitative estimate of drug-likeness (QED) is 0.470. The van der Waals surface area contributed by atoms with Crippen molar-refractivity contribution in [1.82, 2.24) is 0 Å². The molecule has 0 spiro atoms. The van der Waals surface area contributed by atoms with Crippen LogP contribution in [0, 0.1) is 0 Å². The molecule has 0 amide bonds. The molecule has 1 rings (SSSR count). The summed E-state index contributed by atoms with van der Waals surface area (Å²) in [5, 5.41) is 10.1. The monoisotopic (exact) mass is 322 g/mol. The van der Waals surface area contributed by atoms with Crippen molar-refractivity contribution in [3.8, 4) is 5.75 Å². The normalized spacial score (nSPS) is 11.0. The van der Waals surface area contributed by atoms with E-state index >= 15 is 0 Å². The lowest BCUT2D eigenvalue weighted by atomic mass is 10.0. The Balaban J connectivity index is 2.39. The molecule has 3 heteroatoms. The molecule has 1 heterocycles. The molecule has 23 heavy (non-hydrogen) atoms. The van der Waals surface area contributed by atoms with Gasteiger partial charge >= 0.3 is 5.63 Å². The van der Waals surface area contributed by atoms with E-state index in [0.717, 1.165) is 32.1 Å². The van der Waals surface area contributed by atoms with E-state index in [0.29, 0.717) is 17.7 Å². The maximum atomic E-state index is 12.0. The molecule has 1 aromatic rings. The van der Waals surface area contributed by atoms with Crippen molar-refractivity contribution in [3.05, 3.63) is 27.8 Å². The second kappa shape index (κ2) is 12.2. The van der Waals surface area contributed by atoms with E-state index in [-0.39, 0.29) is 11.4 Å². The molecule has 0 unspecified atom stereocenters. The third-order valence-electron chi connectivity index (χ3n) is 4.38. The second-order valence-electron chi connectivity index (χ2n) is 6.55. The summed E-state index contributed by atoms with van der Waals surface area (Å²) in [7, 11) is 0. The first-order chi connectivity index (χ1) is 11.2. The molecule has 0 aromatic carbocycles. The Labute approximate surface area is 141 Å². The Kier molecular flexibility index (Phi) is 10.5. The van der Waals surface area contributed by atoms with Gasteiger partial charge in [-0.3, -0.25) is 0 Å². The van der Waals surface area contributed by atoms with Gasteiger partial charge < -0.3 is 9.52 Å². The highest BCUT2D eigenvalue weighted by Gasteiger charge is 2.11. The highest BCUT2D eigenvalue weighted by molar-refractivity contribution is 5.30. The highest BCUT2D eigenvalue weighted by atomic mass is 16.4. The average molecular weight is 322 g/mol. The van der Waals surface area contributed by atoms with Gasteiger partial charge in [-0.05, 0) is 19.3 Å². The lowest BCUT2D eigenvalue weighted by Gasteiger charge is -2.06.